The summed E-state index contributed by atoms with van der Waals surface area (Å²) in [6.45, 7) is 2.23. The van der Waals surface area contributed by atoms with Crippen molar-refractivity contribution >= 4 is 10.0 Å². The summed E-state index contributed by atoms with van der Waals surface area (Å²) >= 11 is 0. The van der Waals surface area contributed by atoms with E-state index < -0.39 is 10.0 Å². The van der Waals surface area contributed by atoms with Gasteiger partial charge in [0.05, 0.1) is 12.3 Å². The number of hydrogen-bond donors (Lipinski definition) is 1. The lowest BCUT2D eigenvalue weighted by molar-refractivity contribution is 0.549. The summed E-state index contributed by atoms with van der Waals surface area (Å²) in [5, 5.41) is 4.23. The third-order valence-corrected chi connectivity index (χ3v) is 4.82. The summed E-state index contributed by atoms with van der Waals surface area (Å²) in [4.78, 5) is 16.3. The van der Waals surface area contributed by atoms with Gasteiger partial charge in [0, 0.05) is 19.8 Å². The number of nitrogens with one attached hydrogen (secondary N) is 1. The number of hydrogen-bond acceptors (Lipinski definition) is 5. The molecular weight excluding hydrogens is 318 g/mol. The van der Waals surface area contributed by atoms with E-state index in [2.05, 4.69) is 14.8 Å². The fourth-order valence-corrected chi connectivity index (χ4v) is 3.28. The lowest BCUT2D eigenvalue weighted by Gasteiger charge is -2.05. The molecule has 0 saturated carbocycles. The molecular formula is C14H21N5O3S. The van der Waals surface area contributed by atoms with Gasteiger partial charge in [0.2, 0.25) is 10.0 Å². The van der Waals surface area contributed by atoms with E-state index in [1.54, 1.807) is 25.4 Å². The highest BCUT2D eigenvalue weighted by molar-refractivity contribution is 7.89. The van der Waals surface area contributed by atoms with Gasteiger partial charge >= 0.3 is 5.69 Å². The van der Waals surface area contributed by atoms with Crippen molar-refractivity contribution in [3.63, 3.8) is 0 Å². The minimum absolute atomic E-state index is 0.0970. The highest BCUT2D eigenvalue weighted by Gasteiger charge is 2.14. The number of unbranched alkanes of at least 4 members (excludes halogenated alkanes) is 1. The van der Waals surface area contributed by atoms with Gasteiger partial charge in [-0.3, -0.25) is 9.55 Å². The molecule has 0 aliphatic rings. The Bertz CT molecular complexity index is 796. The van der Waals surface area contributed by atoms with Crippen molar-refractivity contribution in [2.24, 2.45) is 7.05 Å². The molecule has 9 heteroatoms. The highest BCUT2D eigenvalue weighted by Crippen LogP contribution is 2.10. The van der Waals surface area contributed by atoms with Crippen LogP contribution in [-0.4, -0.2) is 40.0 Å². The fraction of sp³-hybridized carbons (Fsp3) is 0.500. The first-order valence-corrected chi connectivity index (χ1v) is 9.12. The summed E-state index contributed by atoms with van der Waals surface area (Å²) in [6, 6.07) is 5.36. The molecule has 0 amide bonds. The van der Waals surface area contributed by atoms with Crippen LogP contribution in [0, 0.1) is 0 Å². The van der Waals surface area contributed by atoms with E-state index >= 15 is 0 Å². The van der Waals surface area contributed by atoms with Crippen LogP contribution in [0.2, 0.25) is 0 Å². The quantitative estimate of drug-likeness (QED) is 0.749. The Morgan fingerprint density at radius 1 is 1.30 bits per heavy atom. The zero-order valence-corrected chi connectivity index (χ0v) is 14.1. The normalized spacial score (nSPS) is 11.7. The Morgan fingerprint density at radius 2 is 2.09 bits per heavy atom. The molecule has 0 atom stereocenters. The number of aromatic nitrogens is 4. The third kappa shape index (κ3) is 4.49. The smallest absolute Gasteiger partial charge is 0.277 e. The molecule has 126 valence electrons. The third-order valence-electron chi connectivity index (χ3n) is 3.35. The monoisotopic (exact) mass is 339 g/mol. The zero-order chi connectivity index (χ0) is 16.9. The first-order chi connectivity index (χ1) is 10.9. The Kier molecular flexibility index (Phi) is 5.67. The number of sulfonamides is 1. The first kappa shape index (κ1) is 17.4. The number of rotatable bonds is 8. The summed E-state index contributed by atoms with van der Waals surface area (Å²) in [5.41, 5.74) is 0.285. The average Bonchev–Trinajstić information content (AvgIpc) is 2.82. The largest absolute Gasteiger partial charge is 0.346 e. The van der Waals surface area contributed by atoms with Crippen molar-refractivity contribution in [3.8, 4) is 11.5 Å². The van der Waals surface area contributed by atoms with Gasteiger partial charge in [-0.15, -0.1) is 5.10 Å². The molecule has 0 aromatic carbocycles. The van der Waals surface area contributed by atoms with Crippen LogP contribution >= 0.6 is 0 Å². The van der Waals surface area contributed by atoms with Gasteiger partial charge in [-0.1, -0.05) is 19.4 Å². The van der Waals surface area contributed by atoms with Crippen LogP contribution in [0.3, 0.4) is 0 Å². The predicted molar refractivity (Wildman–Crippen MR) is 87.4 cm³/mol. The Hall–Kier alpha value is -2.00. The maximum absolute atomic E-state index is 12.1. The molecule has 0 unspecified atom stereocenters. The van der Waals surface area contributed by atoms with E-state index in [1.807, 2.05) is 13.0 Å². The van der Waals surface area contributed by atoms with Gasteiger partial charge in [0.1, 0.15) is 5.69 Å². The average molecular weight is 339 g/mol. The van der Waals surface area contributed by atoms with E-state index in [0.29, 0.717) is 17.9 Å². The second-order valence-electron chi connectivity index (χ2n) is 5.17. The van der Waals surface area contributed by atoms with Gasteiger partial charge in [0.25, 0.3) is 0 Å². The van der Waals surface area contributed by atoms with E-state index in [4.69, 9.17) is 0 Å². The Balaban J connectivity index is 2.06. The molecule has 0 spiro atoms. The molecule has 2 rings (SSSR count). The van der Waals surface area contributed by atoms with E-state index in [1.165, 1.54) is 9.25 Å². The van der Waals surface area contributed by atoms with Crippen LogP contribution in [-0.2, 0) is 23.6 Å². The fourth-order valence-electron chi connectivity index (χ4n) is 2.07. The van der Waals surface area contributed by atoms with Crippen LogP contribution in [0.25, 0.3) is 11.5 Å². The van der Waals surface area contributed by atoms with Gasteiger partial charge in [-0.2, -0.15) is 0 Å². The second-order valence-corrected chi connectivity index (χ2v) is 7.10. The minimum atomic E-state index is -3.29. The van der Waals surface area contributed by atoms with E-state index in [0.717, 1.165) is 6.42 Å². The van der Waals surface area contributed by atoms with E-state index in [-0.39, 0.29) is 24.5 Å². The molecule has 0 bridgehead atoms. The van der Waals surface area contributed by atoms with Crippen LogP contribution < -0.4 is 10.4 Å². The molecule has 0 aliphatic carbocycles. The van der Waals surface area contributed by atoms with Crippen LogP contribution in [0.4, 0.5) is 0 Å². The van der Waals surface area contributed by atoms with Crippen LogP contribution in [0.15, 0.2) is 29.2 Å². The molecule has 0 fully saturated rings. The number of nitrogens with zero attached hydrogens (tertiary/aromatic N) is 4. The number of pyridine rings is 1. The molecule has 0 saturated heterocycles. The minimum Gasteiger partial charge on any atom is -0.277 e. The van der Waals surface area contributed by atoms with Gasteiger partial charge in [-0.25, -0.2) is 22.6 Å². The highest BCUT2D eigenvalue weighted by atomic mass is 32.2. The SMILES string of the molecule is CCCCS(=O)(=O)NCCn1nc(-c2ccccn2)n(C)c1=O. The standard InChI is InChI=1S/C14H21N5O3S/c1-3-4-11-23(21,22)16-9-10-19-14(20)18(2)13(17-19)12-7-5-6-8-15-12/h5-8,16H,3-4,9-11H2,1-2H3. The van der Waals surface area contributed by atoms with Gasteiger partial charge < -0.3 is 0 Å². The van der Waals surface area contributed by atoms with E-state index in [9.17, 15) is 13.2 Å². The maximum Gasteiger partial charge on any atom is 0.346 e. The summed E-state index contributed by atoms with van der Waals surface area (Å²) in [5.74, 6) is 0.546. The molecule has 8 nitrogen and oxygen atoms in total. The molecule has 2 aromatic heterocycles. The maximum atomic E-state index is 12.1. The lowest BCUT2D eigenvalue weighted by Crippen LogP contribution is -2.33. The van der Waals surface area contributed by atoms with Crippen molar-refractivity contribution in [1.29, 1.82) is 0 Å². The summed E-state index contributed by atoms with van der Waals surface area (Å²) in [6.07, 6.45) is 3.05. The molecule has 2 heterocycles. The molecule has 2 aromatic rings. The van der Waals surface area contributed by atoms with Gasteiger partial charge in [0.15, 0.2) is 5.82 Å². The lowest BCUT2D eigenvalue weighted by atomic mass is 10.3. The van der Waals surface area contributed by atoms with Crippen LogP contribution in [0.5, 0.6) is 0 Å². The summed E-state index contributed by atoms with van der Waals surface area (Å²) in [7, 11) is -1.68. The molecule has 1 N–H and O–H groups in total. The Morgan fingerprint density at radius 3 is 2.74 bits per heavy atom. The van der Waals surface area contributed by atoms with Crippen molar-refractivity contribution in [1.82, 2.24) is 24.1 Å². The topological polar surface area (TPSA) is 98.9 Å². The predicted octanol–water partition coefficient (Wildman–Crippen LogP) is 0.363. The molecule has 0 radical (unpaired) electrons. The second kappa shape index (κ2) is 7.51. The zero-order valence-electron chi connectivity index (χ0n) is 13.3. The van der Waals surface area contributed by atoms with Crippen molar-refractivity contribution in [2.75, 3.05) is 12.3 Å². The van der Waals surface area contributed by atoms with Crippen LogP contribution in [0.1, 0.15) is 19.8 Å². The molecule has 23 heavy (non-hydrogen) atoms. The van der Waals surface area contributed by atoms with Crippen molar-refractivity contribution in [3.05, 3.63) is 34.9 Å². The molecule has 0 aliphatic heterocycles. The Labute approximate surface area is 135 Å². The van der Waals surface area contributed by atoms with Gasteiger partial charge in [-0.05, 0) is 18.6 Å². The summed E-state index contributed by atoms with van der Waals surface area (Å²) < 4.78 is 28.6. The van der Waals surface area contributed by atoms with Crippen molar-refractivity contribution in [2.45, 2.75) is 26.3 Å². The first-order valence-electron chi connectivity index (χ1n) is 7.47. The van der Waals surface area contributed by atoms with Crippen molar-refractivity contribution < 1.29 is 8.42 Å².